The van der Waals surface area contributed by atoms with E-state index >= 15 is 0 Å². The molecule has 1 aromatic heterocycles. The van der Waals surface area contributed by atoms with Crippen LogP contribution in [0.4, 0.5) is 10.5 Å². The Morgan fingerprint density at radius 1 is 1.53 bits per heavy atom. The van der Waals surface area contributed by atoms with E-state index in [4.69, 9.17) is 9.84 Å². The summed E-state index contributed by atoms with van der Waals surface area (Å²) in [4.78, 5) is 26.3. The zero-order valence-electron chi connectivity index (χ0n) is 10.8. The monoisotopic (exact) mass is 267 g/mol. The van der Waals surface area contributed by atoms with Crippen LogP contribution in [0.15, 0.2) is 18.3 Å². The Morgan fingerprint density at radius 2 is 2.26 bits per heavy atom. The fourth-order valence-corrected chi connectivity index (χ4v) is 1.43. The van der Waals surface area contributed by atoms with E-state index in [0.717, 1.165) is 0 Å². The number of carboxylic acid groups (broad SMARTS) is 1. The van der Waals surface area contributed by atoms with E-state index < -0.39 is 12.0 Å². The molecule has 0 bridgehead atoms. The molecule has 1 atom stereocenters. The van der Waals surface area contributed by atoms with Crippen molar-refractivity contribution in [3.63, 3.8) is 0 Å². The summed E-state index contributed by atoms with van der Waals surface area (Å²) in [6, 6.07) is 2.48. The van der Waals surface area contributed by atoms with Crippen LogP contribution in [0.25, 0.3) is 0 Å². The number of hydrogen-bond donors (Lipinski definition) is 3. The Labute approximate surface area is 111 Å². The lowest BCUT2D eigenvalue weighted by Crippen LogP contribution is -2.37. The molecule has 7 nitrogen and oxygen atoms in total. The third-order valence-corrected chi connectivity index (χ3v) is 2.39. The quantitative estimate of drug-likeness (QED) is 0.721. The fraction of sp³-hybridized carbons (Fsp3) is 0.417. The van der Waals surface area contributed by atoms with Gasteiger partial charge in [-0.15, -0.1) is 0 Å². The number of rotatable bonds is 6. The minimum atomic E-state index is -1.19. The maximum Gasteiger partial charge on any atom is 0.356 e. The van der Waals surface area contributed by atoms with Gasteiger partial charge in [-0.25, -0.2) is 14.6 Å². The summed E-state index contributed by atoms with van der Waals surface area (Å²) in [5.41, 5.74) is -0.0337. The standard InChI is InChI=1S/C12H17N3O4/c1-8(5-7-19-2)14-12(18)15-9-4-3-6-13-10(9)11(16)17/h3-4,6,8H,5,7H2,1-2H3,(H,16,17)(H2,14,15,18). The van der Waals surface area contributed by atoms with Crippen LogP contribution in [0, 0.1) is 0 Å². The number of amides is 2. The van der Waals surface area contributed by atoms with Gasteiger partial charge in [-0.05, 0) is 25.5 Å². The average Bonchev–Trinajstić information content (AvgIpc) is 2.36. The minimum absolute atomic E-state index is 0.0788. The highest BCUT2D eigenvalue weighted by Crippen LogP contribution is 2.11. The van der Waals surface area contributed by atoms with Crippen LogP contribution < -0.4 is 10.6 Å². The molecule has 2 amide bonds. The molecular formula is C12H17N3O4. The Balaban J connectivity index is 2.60. The average molecular weight is 267 g/mol. The van der Waals surface area contributed by atoms with Gasteiger partial charge in [-0.1, -0.05) is 0 Å². The van der Waals surface area contributed by atoms with E-state index in [0.29, 0.717) is 13.0 Å². The van der Waals surface area contributed by atoms with Crippen molar-refractivity contribution in [2.75, 3.05) is 19.0 Å². The molecule has 0 radical (unpaired) electrons. The zero-order valence-corrected chi connectivity index (χ0v) is 10.8. The molecular weight excluding hydrogens is 250 g/mol. The molecule has 0 aliphatic rings. The summed E-state index contributed by atoms with van der Waals surface area (Å²) in [7, 11) is 1.58. The molecule has 7 heteroatoms. The van der Waals surface area contributed by atoms with Crippen LogP contribution in [0.3, 0.4) is 0 Å². The lowest BCUT2D eigenvalue weighted by Gasteiger charge is -2.14. The van der Waals surface area contributed by atoms with Crippen molar-refractivity contribution < 1.29 is 19.4 Å². The summed E-state index contributed by atoms with van der Waals surface area (Å²) < 4.78 is 4.90. The number of nitrogens with one attached hydrogen (secondary N) is 2. The number of pyridine rings is 1. The van der Waals surface area contributed by atoms with Crippen LogP contribution in [0.5, 0.6) is 0 Å². The lowest BCUT2D eigenvalue weighted by molar-refractivity contribution is 0.0691. The van der Waals surface area contributed by atoms with E-state index in [2.05, 4.69) is 15.6 Å². The van der Waals surface area contributed by atoms with Gasteiger partial charge in [-0.2, -0.15) is 0 Å². The van der Waals surface area contributed by atoms with Crippen molar-refractivity contribution in [2.24, 2.45) is 0 Å². The molecule has 1 unspecified atom stereocenters. The van der Waals surface area contributed by atoms with Gasteiger partial charge in [0.15, 0.2) is 5.69 Å². The van der Waals surface area contributed by atoms with Gasteiger partial charge in [0.2, 0.25) is 0 Å². The largest absolute Gasteiger partial charge is 0.476 e. The van der Waals surface area contributed by atoms with Crippen molar-refractivity contribution in [1.29, 1.82) is 0 Å². The topological polar surface area (TPSA) is 101 Å². The molecule has 0 aliphatic carbocycles. The van der Waals surface area contributed by atoms with Gasteiger partial charge in [0, 0.05) is 26.0 Å². The highest BCUT2D eigenvalue weighted by Gasteiger charge is 2.14. The first kappa shape index (κ1) is 14.9. The molecule has 104 valence electrons. The van der Waals surface area contributed by atoms with Crippen LogP contribution >= 0.6 is 0 Å². The number of methoxy groups -OCH3 is 1. The lowest BCUT2D eigenvalue weighted by atomic mass is 10.2. The Morgan fingerprint density at radius 3 is 2.89 bits per heavy atom. The van der Waals surface area contributed by atoms with E-state index in [1.807, 2.05) is 6.92 Å². The number of ether oxygens (including phenoxy) is 1. The third kappa shape index (κ3) is 4.92. The third-order valence-electron chi connectivity index (χ3n) is 2.39. The number of hydrogen-bond acceptors (Lipinski definition) is 4. The Kier molecular flexibility index (Phi) is 5.74. The van der Waals surface area contributed by atoms with Gasteiger partial charge in [0.1, 0.15) is 0 Å². The summed E-state index contributed by atoms with van der Waals surface area (Å²) >= 11 is 0. The van der Waals surface area contributed by atoms with Crippen molar-refractivity contribution in [3.05, 3.63) is 24.0 Å². The number of carbonyl (C=O) groups excluding carboxylic acids is 1. The molecule has 1 rings (SSSR count). The zero-order chi connectivity index (χ0) is 14.3. The van der Waals surface area contributed by atoms with E-state index in [1.54, 1.807) is 13.2 Å². The molecule has 19 heavy (non-hydrogen) atoms. The molecule has 0 aromatic carbocycles. The van der Waals surface area contributed by atoms with Crippen LogP contribution in [-0.2, 0) is 4.74 Å². The number of anilines is 1. The number of aromatic nitrogens is 1. The van der Waals surface area contributed by atoms with E-state index in [-0.39, 0.29) is 17.4 Å². The highest BCUT2D eigenvalue weighted by molar-refractivity contribution is 5.98. The summed E-state index contributed by atoms with van der Waals surface area (Å²) in [5.74, 6) is -1.19. The number of nitrogens with zero attached hydrogens (tertiary/aromatic N) is 1. The second-order valence-electron chi connectivity index (χ2n) is 3.99. The van der Waals surface area contributed by atoms with Gasteiger partial charge < -0.3 is 20.5 Å². The van der Waals surface area contributed by atoms with Crippen LogP contribution in [0.1, 0.15) is 23.8 Å². The normalized spacial score (nSPS) is 11.7. The molecule has 1 heterocycles. The smallest absolute Gasteiger partial charge is 0.356 e. The first-order valence-corrected chi connectivity index (χ1v) is 5.79. The SMILES string of the molecule is COCCC(C)NC(=O)Nc1cccnc1C(=O)O. The predicted molar refractivity (Wildman–Crippen MR) is 69.3 cm³/mol. The summed E-state index contributed by atoms with van der Waals surface area (Å²) in [6.45, 7) is 2.37. The molecule has 0 saturated carbocycles. The van der Waals surface area contributed by atoms with Crippen molar-refractivity contribution in [1.82, 2.24) is 10.3 Å². The predicted octanol–water partition coefficient (Wildman–Crippen LogP) is 1.33. The second-order valence-corrected chi connectivity index (χ2v) is 3.99. The van der Waals surface area contributed by atoms with Crippen LogP contribution in [-0.4, -0.2) is 41.8 Å². The number of urea groups is 1. The maximum absolute atomic E-state index is 11.7. The van der Waals surface area contributed by atoms with Crippen molar-refractivity contribution in [3.8, 4) is 0 Å². The van der Waals surface area contributed by atoms with Gasteiger partial charge >= 0.3 is 12.0 Å². The fourth-order valence-electron chi connectivity index (χ4n) is 1.43. The van der Waals surface area contributed by atoms with Crippen molar-refractivity contribution >= 4 is 17.7 Å². The van der Waals surface area contributed by atoms with Gasteiger partial charge in [0.25, 0.3) is 0 Å². The van der Waals surface area contributed by atoms with Gasteiger partial charge in [-0.3, -0.25) is 0 Å². The molecule has 0 fully saturated rings. The van der Waals surface area contributed by atoms with Gasteiger partial charge in [0.05, 0.1) is 5.69 Å². The molecule has 3 N–H and O–H groups in total. The first-order valence-electron chi connectivity index (χ1n) is 5.79. The highest BCUT2D eigenvalue weighted by atomic mass is 16.5. The molecule has 0 aliphatic heterocycles. The molecule has 1 aromatic rings. The molecule has 0 spiro atoms. The maximum atomic E-state index is 11.7. The number of carboxylic acids is 1. The second kappa shape index (κ2) is 7.32. The Hall–Kier alpha value is -2.15. The molecule has 0 saturated heterocycles. The Bertz CT molecular complexity index is 450. The van der Waals surface area contributed by atoms with E-state index in [1.165, 1.54) is 12.3 Å². The number of carbonyl (C=O) groups is 2. The minimum Gasteiger partial charge on any atom is -0.476 e. The summed E-state index contributed by atoms with van der Waals surface area (Å²) in [5, 5.41) is 14.1. The van der Waals surface area contributed by atoms with Crippen molar-refractivity contribution in [2.45, 2.75) is 19.4 Å². The first-order chi connectivity index (χ1) is 9.04. The summed E-state index contributed by atoms with van der Waals surface area (Å²) in [6.07, 6.45) is 2.02. The number of aromatic carboxylic acids is 1. The van der Waals surface area contributed by atoms with E-state index in [9.17, 15) is 9.59 Å². The van der Waals surface area contributed by atoms with Crippen LogP contribution in [0.2, 0.25) is 0 Å².